The maximum absolute atomic E-state index is 13.5. The van der Waals surface area contributed by atoms with Gasteiger partial charge in [-0.15, -0.1) is 0 Å². The number of alkyl halides is 2. The number of nitrogens with zero attached hydrogens (tertiary/aromatic N) is 3. The number of carbonyl (C=O) groups is 2. The van der Waals surface area contributed by atoms with Crippen LogP contribution in [-0.2, 0) is 11.8 Å². The number of amides is 2. The van der Waals surface area contributed by atoms with Gasteiger partial charge < -0.3 is 14.8 Å². The van der Waals surface area contributed by atoms with Crippen molar-refractivity contribution in [3.05, 3.63) is 67.6 Å². The smallest absolute Gasteiger partial charge is 0.255 e. The number of hydrogen-bond donors (Lipinski definition) is 1. The summed E-state index contributed by atoms with van der Waals surface area (Å²) in [6.45, 7) is 2.81. The van der Waals surface area contributed by atoms with Crippen LogP contribution in [-0.4, -0.2) is 40.3 Å². The number of pyridine rings is 1. The lowest BCUT2D eigenvalue weighted by molar-refractivity contribution is -0.140. The summed E-state index contributed by atoms with van der Waals surface area (Å²) < 4.78 is 28.1. The number of benzene rings is 1. The van der Waals surface area contributed by atoms with Crippen molar-refractivity contribution in [1.29, 1.82) is 5.26 Å². The molecule has 0 bridgehead atoms. The molecule has 200 valence electrons. The van der Waals surface area contributed by atoms with E-state index >= 15 is 0 Å². The fourth-order valence-electron chi connectivity index (χ4n) is 5.04. The highest BCUT2D eigenvalue weighted by atomic mass is 35.5. The number of nitriles is 1. The molecule has 7 nitrogen and oxygen atoms in total. The average Bonchev–Trinajstić information content (AvgIpc) is 2.87. The number of nitrogens with one attached hydrogen (secondary N) is 1. The van der Waals surface area contributed by atoms with E-state index in [0.29, 0.717) is 42.2 Å². The molecule has 2 aromatic rings. The van der Waals surface area contributed by atoms with E-state index in [4.69, 9.17) is 11.6 Å². The van der Waals surface area contributed by atoms with Crippen LogP contribution in [0.15, 0.2) is 34.6 Å². The SMILES string of the molecule is Cc1cc(Cl)cc(C=C2CCN(C(=O)C3CCC(F)(F)CC3)CC2)c1NC(=O)c1cc(C#N)n(C)c(=O)c1. The molecule has 2 heterocycles. The summed E-state index contributed by atoms with van der Waals surface area (Å²) in [7, 11) is 1.46. The maximum Gasteiger partial charge on any atom is 0.255 e. The third kappa shape index (κ3) is 6.13. The minimum atomic E-state index is -2.66. The Morgan fingerprint density at radius 2 is 1.82 bits per heavy atom. The highest BCUT2D eigenvalue weighted by Crippen LogP contribution is 2.37. The monoisotopic (exact) mass is 542 g/mol. The van der Waals surface area contributed by atoms with Crippen LogP contribution in [0, 0.1) is 24.2 Å². The Morgan fingerprint density at radius 3 is 2.45 bits per heavy atom. The van der Waals surface area contributed by atoms with Gasteiger partial charge in [0.05, 0.1) is 5.69 Å². The molecule has 2 aliphatic rings. The molecule has 1 saturated carbocycles. The highest BCUT2D eigenvalue weighted by molar-refractivity contribution is 6.31. The number of likely N-dealkylation sites (tertiary alicyclic amines) is 1. The van der Waals surface area contributed by atoms with Crippen LogP contribution >= 0.6 is 11.6 Å². The van der Waals surface area contributed by atoms with Gasteiger partial charge in [-0.05, 0) is 61.9 Å². The van der Waals surface area contributed by atoms with Crippen LogP contribution in [0.25, 0.3) is 6.08 Å². The summed E-state index contributed by atoms with van der Waals surface area (Å²) >= 11 is 6.31. The number of hydrogen-bond acceptors (Lipinski definition) is 4. The van der Waals surface area contributed by atoms with E-state index in [1.165, 1.54) is 23.7 Å². The molecule has 0 unspecified atom stereocenters. The molecule has 38 heavy (non-hydrogen) atoms. The fourth-order valence-corrected chi connectivity index (χ4v) is 5.32. The van der Waals surface area contributed by atoms with Gasteiger partial charge in [0.25, 0.3) is 11.5 Å². The Morgan fingerprint density at radius 1 is 1.16 bits per heavy atom. The molecule has 10 heteroatoms. The zero-order valence-electron chi connectivity index (χ0n) is 21.3. The highest BCUT2D eigenvalue weighted by Gasteiger charge is 2.38. The molecule has 1 saturated heterocycles. The van der Waals surface area contributed by atoms with Gasteiger partial charge >= 0.3 is 0 Å². The summed E-state index contributed by atoms with van der Waals surface area (Å²) in [6, 6.07) is 7.91. The number of anilines is 1. The molecule has 1 aromatic carbocycles. The van der Waals surface area contributed by atoms with Crippen molar-refractivity contribution in [2.24, 2.45) is 13.0 Å². The predicted octanol–water partition coefficient (Wildman–Crippen LogP) is 5.30. The van der Waals surface area contributed by atoms with Crippen molar-refractivity contribution < 1.29 is 18.4 Å². The second kappa shape index (κ2) is 11.1. The van der Waals surface area contributed by atoms with Crippen LogP contribution in [0.1, 0.15) is 65.7 Å². The van der Waals surface area contributed by atoms with Gasteiger partial charge in [-0.3, -0.25) is 14.4 Å². The third-order valence-electron chi connectivity index (χ3n) is 7.35. The molecular formula is C28H29ClF2N4O3. The first-order valence-corrected chi connectivity index (χ1v) is 12.9. The van der Waals surface area contributed by atoms with Gasteiger partial charge in [0.1, 0.15) is 11.8 Å². The van der Waals surface area contributed by atoms with Crippen molar-refractivity contribution in [2.45, 2.75) is 51.4 Å². The second-order valence-electron chi connectivity index (χ2n) is 10.0. The van der Waals surface area contributed by atoms with Crippen LogP contribution in [0.2, 0.25) is 5.02 Å². The summed E-state index contributed by atoms with van der Waals surface area (Å²) in [5, 5.41) is 12.6. The Bertz CT molecular complexity index is 1390. The molecule has 1 N–H and O–H groups in total. The Hall–Kier alpha value is -3.51. The minimum Gasteiger partial charge on any atom is -0.342 e. The van der Waals surface area contributed by atoms with Crippen molar-refractivity contribution in [3.63, 3.8) is 0 Å². The minimum absolute atomic E-state index is 0.0446. The molecule has 0 atom stereocenters. The molecule has 2 amide bonds. The van der Waals surface area contributed by atoms with E-state index in [-0.39, 0.29) is 48.8 Å². The number of aryl methyl sites for hydroxylation is 1. The lowest BCUT2D eigenvalue weighted by Crippen LogP contribution is -2.42. The molecule has 0 radical (unpaired) electrons. The standard InChI is InChI=1S/C28H29ClF2N4O3/c1-17-11-22(29)13-20(25(17)33-26(37)21-14-23(16-32)34(2)24(36)15-21)12-18-5-9-35(10-6-18)27(38)19-3-7-28(30,31)8-4-19/h11-15,19H,3-10H2,1-2H3,(H,33,37). The van der Waals surface area contributed by atoms with Crippen LogP contribution < -0.4 is 10.9 Å². The van der Waals surface area contributed by atoms with Crippen molar-refractivity contribution >= 4 is 35.2 Å². The predicted molar refractivity (Wildman–Crippen MR) is 141 cm³/mol. The number of piperidine rings is 1. The van der Waals surface area contributed by atoms with E-state index in [0.717, 1.165) is 11.1 Å². The van der Waals surface area contributed by atoms with E-state index in [1.807, 2.05) is 19.1 Å². The van der Waals surface area contributed by atoms with Crippen molar-refractivity contribution in [1.82, 2.24) is 9.47 Å². The Labute approximate surface area is 224 Å². The molecule has 0 spiro atoms. The lowest BCUT2D eigenvalue weighted by Gasteiger charge is -2.34. The van der Waals surface area contributed by atoms with E-state index in [2.05, 4.69) is 5.32 Å². The zero-order chi connectivity index (χ0) is 27.6. The first kappa shape index (κ1) is 27.5. The average molecular weight is 543 g/mol. The molecular weight excluding hydrogens is 514 g/mol. The van der Waals surface area contributed by atoms with Gasteiger partial charge in [-0.2, -0.15) is 5.26 Å². The Kier molecular flexibility index (Phi) is 8.02. The second-order valence-corrected chi connectivity index (χ2v) is 10.5. The molecule has 1 aliphatic heterocycles. The van der Waals surface area contributed by atoms with E-state index < -0.39 is 17.4 Å². The van der Waals surface area contributed by atoms with Crippen molar-refractivity contribution in [3.8, 4) is 6.07 Å². The summed E-state index contributed by atoms with van der Waals surface area (Å²) in [5.74, 6) is -3.57. The number of rotatable bonds is 4. The fraction of sp³-hybridized carbons (Fsp3) is 0.429. The van der Waals surface area contributed by atoms with Gasteiger partial charge in [0, 0.05) is 55.5 Å². The van der Waals surface area contributed by atoms with Crippen LogP contribution in [0.4, 0.5) is 14.5 Å². The number of aromatic nitrogens is 1. The molecule has 4 rings (SSSR count). The molecule has 1 aliphatic carbocycles. The number of carbonyl (C=O) groups excluding carboxylic acids is 2. The van der Waals surface area contributed by atoms with Crippen LogP contribution in [0.5, 0.6) is 0 Å². The first-order chi connectivity index (χ1) is 18.0. The summed E-state index contributed by atoms with van der Waals surface area (Å²) in [6.07, 6.45) is 3.16. The molecule has 2 fully saturated rings. The number of halogens is 3. The van der Waals surface area contributed by atoms with Crippen LogP contribution in [0.3, 0.4) is 0 Å². The van der Waals surface area contributed by atoms with Crippen molar-refractivity contribution in [2.75, 3.05) is 18.4 Å². The zero-order valence-corrected chi connectivity index (χ0v) is 22.1. The van der Waals surface area contributed by atoms with Gasteiger partial charge in [0.2, 0.25) is 11.8 Å². The Balaban J connectivity index is 1.49. The maximum atomic E-state index is 13.5. The van der Waals surface area contributed by atoms with E-state index in [9.17, 15) is 28.4 Å². The van der Waals surface area contributed by atoms with Gasteiger partial charge in [-0.25, -0.2) is 8.78 Å². The topological polar surface area (TPSA) is 95.2 Å². The van der Waals surface area contributed by atoms with Gasteiger partial charge in [-0.1, -0.05) is 23.3 Å². The quantitative estimate of drug-likeness (QED) is 0.567. The lowest BCUT2D eigenvalue weighted by atomic mass is 9.85. The third-order valence-corrected chi connectivity index (χ3v) is 7.57. The van der Waals surface area contributed by atoms with Gasteiger partial charge in [0.15, 0.2) is 0 Å². The first-order valence-electron chi connectivity index (χ1n) is 12.6. The molecule has 1 aromatic heterocycles. The normalized spacial score (nSPS) is 17.6. The largest absolute Gasteiger partial charge is 0.342 e. The summed E-state index contributed by atoms with van der Waals surface area (Å²) in [5.41, 5.74) is 2.70. The summed E-state index contributed by atoms with van der Waals surface area (Å²) in [4.78, 5) is 39.8. The van der Waals surface area contributed by atoms with E-state index in [1.54, 1.807) is 17.0 Å².